The molecule has 23 heavy (non-hydrogen) atoms. The maximum atomic E-state index is 11.9. The first-order valence-corrected chi connectivity index (χ1v) is 9.33. The molecule has 1 heterocycles. The number of carbonyl (C=O) groups excluding carboxylic acids is 2. The summed E-state index contributed by atoms with van der Waals surface area (Å²) in [4.78, 5) is 23.5. The number of carbonyl (C=O) groups is 2. The molecule has 0 radical (unpaired) electrons. The Bertz CT molecular complexity index is 568. The molecule has 2 saturated carbocycles. The fourth-order valence-corrected chi connectivity index (χ4v) is 4.02. The lowest BCUT2D eigenvalue weighted by atomic mass is 10.1. The van der Waals surface area contributed by atoms with Gasteiger partial charge in [-0.2, -0.15) is 0 Å². The van der Waals surface area contributed by atoms with Crippen molar-refractivity contribution in [1.29, 1.82) is 0 Å². The summed E-state index contributed by atoms with van der Waals surface area (Å²) >= 11 is 1.46. The van der Waals surface area contributed by atoms with Gasteiger partial charge in [-0.25, -0.2) is 0 Å². The van der Waals surface area contributed by atoms with Crippen molar-refractivity contribution in [2.45, 2.75) is 51.9 Å². The number of nitrogens with zero attached hydrogens (tertiary/aromatic N) is 2. The van der Waals surface area contributed by atoms with Crippen LogP contribution in [-0.2, 0) is 16.0 Å². The third-order valence-electron chi connectivity index (χ3n) is 4.75. The number of hydrogen-bond acceptors (Lipinski definition) is 5. The first-order chi connectivity index (χ1) is 11.1. The molecular formula is C16H24N4O2S. The number of amides is 2. The first kappa shape index (κ1) is 16.4. The van der Waals surface area contributed by atoms with Crippen molar-refractivity contribution in [3.05, 3.63) is 5.01 Å². The highest BCUT2D eigenvalue weighted by Gasteiger charge is 2.38. The number of rotatable bonds is 7. The van der Waals surface area contributed by atoms with Gasteiger partial charge >= 0.3 is 0 Å². The Hall–Kier alpha value is -1.50. The van der Waals surface area contributed by atoms with Gasteiger partial charge in [-0.05, 0) is 18.3 Å². The lowest BCUT2D eigenvalue weighted by molar-refractivity contribution is -0.122. The van der Waals surface area contributed by atoms with Gasteiger partial charge in [0.05, 0.1) is 0 Å². The van der Waals surface area contributed by atoms with Gasteiger partial charge in [0, 0.05) is 25.3 Å². The van der Waals surface area contributed by atoms with Crippen molar-refractivity contribution in [1.82, 2.24) is 15.5 Å². The van der Waals surface area contributed by atoms with Crippen LogP contribution in [0.1, 0.15) is 50.5 Å². The summed E-state index contributed by atoms with van der Waals surface area (Å²) in [5.74, 6) is 1.31. The predicted molar refractivity (Wildman–Crippen MR) is 89.1 cm³/mol. The van der Waals surface area contributed by atoms with E-state index < -0.39 is 0 Å². The Labute approximate surface area is 140 Å². The summed E-state index contributed by atoms with van der Waals surface area (Å²) in [5, 5.41) is 15.3. The third-order valence-corrected chi connectivity index (χ3v) is 5.61. The molecule has 2 atom stereocenters. The second kappa shape index (κ2) is 7.38. The van der Waals surface area contributed by atoms with Gasteiger partial charge in [0.2, 0.25) is 16.9 Å². The second-order valence-electron chi connectivity index (χ2n) is 6.76. The van der Waals surface area contributed by atoms with Crippen LogP contribution in [0.3, 0.4) is 0 Å². The lowest BCUT2D eigenvalue weighted by Crippen LogP contribution is -2.29. The van der Waals surface area contributed by atoms with E-state index in [1.165, 1.54) is 37.0 Å². The topological polar surface area (TPSA) is 84.0 Å². The molecule has 1 aromatic rings. The van der Waals surface area contributed by atoms with Crippen LogP contribution in [-0.4, -0.2) is 28.6 Å². The summed E-state index contributed by atoms with van der Waals surface area (Å²) in [5.41, 5.74) is 0. The van der Waals surface area contributed by atoms with Crippen molar-refractivity contribution in [3.63, 3.8) is 0 Å². The zero-order valence-corrected chi connectivity index (χ0v) is 14.3. The highest BCUT2D eigenvalue weighted by atomic mass is 32.1. The Morgan fingerprint density at radius 1 is 1.26 bits per heavy atom. The van der Waals surface area contributed by atoms with Crippen LogP contribution in [0, 0.1) is 17.8 Å². The van der Waals surface area contributed by atoms with E-state index >= 15 is 0 Å². The predicted octanol–water partition coefficient (Wildman–Crippen LogP) is 2.37. The standard InChI is InChI=1S/C16H24N4O2S/c1-10-8-12(10)15(22)17-7-6-13(21)18-16-20-19-14(23-16)9-11-4-2-3-5-11/h10-12H,2-9H2,1H3,(H,17,22)(H,18,20,21)/t10-,12-/m1/s1. The zero-order valence-electron chi connectivity index (χ0n) is 13.5. The van der Waals surface area contributed by atoms with E-state index in [0.29, 0.717) is 17.6 Å². The van der Waals surface area contributed by atoms with Gasteiger partial charge in [-0.15, -0.1) is 10.2 Å². The van der Waals surface area contributed by atoms with Crippen LogP contribution in [0.25, 0.3) is 0 Å². The molecule has 2 N–H and O–H groups in total. The summed E-state index contributed by atoms with van der Waals surface area (Å²) < 4.78 is 0. The quantitative estimate of drug-likeness (QED) is 0.800. The summed E-state index contributed by atoms with van der Waals surface area (Å²) in [6.07, 6.45) is 7.40. The Morgan fingerprint density at radius 2 is 2.00 bits per heavy atom. The third kappa shape index (κ3) is 4.73. The number of hydrogen-bond donors (Lipinski definition) is 2. The maximum Gasteiger partial charge on any atom is 0.227 e. The van der Waals surface area contributed by atoms with Gasteiger partial charge in [0.15, 0.2) is 0 Å². The van der Waals surface area contributed by atoms with Crippen LogP contribution >= 0.6 is 11.3 Å². The molecule has 1 aromatic heterocycles. The average molecular weight is 336 g/mol. The van der Waals surface area contributed by atoms with E-state index in [1.807, 2.05) is 0 Å². The SMILES string of the molecule is C[C@@H]1C[C@H]1C(=O)NCCC(=O)Nc1nnc(CC2CCCC2)s1. The van der Waals surface area contributed by atoms with Crippen molar-refractivity contribution >= 4 is 28.3 Å². The fraction of sp³-hybridized carbons (Fsp3) is 0.750. The zero-order chi connectivity index (χ0) is 16.2. The van der Waals surface area contributed by atoms with Crippen LogP contribution in [0.4, 0.5) is 5.13 Å². The monoisotopic (exact) mass is 336 g/mol. The van der Waals surface area contributed by atoms with E-state index in [0.717, 1.165) is 23.8 Å². The van der Waals surface area contributed by atoms with Crippen LogP contribution in [0.15, 0.2) is 0 Å². The molecule has 2 aliphatic rings. The Morgan fingerprint density at radius 3 is 2.70 bits per heavy atom. The highest BCUT2D eigenvalue weighted by Crippen LogP contribution is 2.37. The molecular weight excluding hydrogens is 312 g/mol. The van der Waals surface area contributed by atoms with Gasteiger partial charge in [-0.3, -0.25) is 9.59 Å². The molecule has 0 unspecified atom stereocenters. The van der Waals surface area contributed by atoms with Crippen LogP contribution in [0.5, 0.6) is 0 Å². The molecule has 2 fully saturated rings. The Balaban J connectivity index is 1.36. The van der Waals surface area contributed by atoms with Gasteiger partial charge in [-0.1, -0.05) is 43.9 Å². The van der Waals surface area contributed by atoms with E-state index in [-0.39, 0.29) is 24.2 Å². The van der Waals surface area contributed by atoms with Crippen LogP contribution in [0.2, 0.25) is 0 Å². The molecule has 3 rings (SSSR count). The van der Waals surface area contributed by atoms with Crippen molar-refractivity contribution in [3.8, 4) is 0 Å². The number of aromatic nitrogens is 2. The van der Waals surface area contributed by atoms with E-state index in [1.54, 1.807) is 0 Å². The largest absolute Gasteiger partial charge is 0.355 e. The summed E-state index contributed by atoms with van der Waals surface area (Å²) in [7, 11) is 0. The summed E-state index contributed by atoms with van der Waals surface area (Å²) in [6.45, 7) is 2.44. The first-order valence-electron chi connectivity index (χ1n) is 8.51. The molecule has 0 saturated heterocycles. The molecule has 0 spiro atoms. The minimum Gasteiger partial charge on any atom is -0.355 e. The van der Waals surface area contributed by atoms with Gasteiger partial charge in [0.25, 0.3) is 0 Å². The second-order valence-corrected chi connectivity index (χ2v) is 7.83. The number of anilines is 1. The molecule has 0 aromatic carbocycles. The smallest absolute Gasteiger partial charge is 0.227 e. The van der Waals surface area contributed by atoms with E-state index in [9.17, 15) is 9.59 Å². The van der Waals surface area contributed by atoms with E-state index in [2.05, 4.69) is 27.8 Å². The number of nitrogens with one attached hydrogen (secondary N) is 2. The molecule has 2 amide bonds. The van der Waals surface area contributed by atoms with Crippen LogP contribution < -0.4 is 10.6 Å². The van der Waals surface area contributed by atoms with Gasteiger partial charge < -0.3 is 10.6 Å². The molecule has 126 valence electrons. The minimum atomic E-state index is -0.127. The molecule has 0 aliphatic heterocycles. The fourth-order valence-electron chi connectivity index (χ4n) is 3.15. The maximum absolute atomic E-state index is 11.9. The normalized spacial score (nSPS) is 23.7. The van der Waals surface area contributed by atoms with E-state index in [4.69, 9.17) is 0 Å². The molecule has 7 heteroatoms. The minimum absolute atomic E-state index is 0.0695. The van der Waals surface area contributed by atoms with Crippen molar-refractivity contribution in [2.75, 3.05) is 11.9 Å². The van der Waals surface area contributed by atoms with Crippen molar-refractivity contribution in [2.24, 2.45) is 17.8 Å². The summed E-state index contributed by atoms with van der Waals surface area (Å²) in [6, 6.07) is 0. The Kier molecular flexibility index (Phi) is 5.25. The lowest BCUT2D eigenvalue weighted by Gasteiger charge is -2.04. The van der Waals surface area contributed by atoms with Crippen molar-refractivity contribution < 1.29 is 9.59 Å². The van der Waals surface area contributed by atoms with Gasteiger partial charge in [0.1, 0.15) is 5.01 Å². The molecule has 2 aliphatic carbocycles. The average Bonchev–Trinajstić information content (AvgIpc) is 2.92. The molecule has 6 nitrogen and oxygen atoms in total. The highest BCUT2D eigenvalue weighted by molar-refractivity contribution is 7.15. The molecule has 0 bridgehead atoms.